The largest absolute Gasteiger partial charge is 0.325 e. The zero-order chi connectivity index (χ0) is 32.8. The fourth-order valence-corrected chi connectivity index (χ4v) is 5.55. The van der Waals surface area contributed by atoms with Crippen LogP contribution in [0, 0.1) is 31.3 Å². The summed E-state index contributed by atoms with van der Waals surface area (Å²) in [6.45, 7) is 3.77. The Morgan fingerprint density at radius 2 is 1.78 bits per heavy atom. The van der Waals surface area contributed by atoms with E-state index in [4.69, 9.17) is 5.84 Å². The van der Waals surface area contributed by atoms with E-state index in [2.05, 4.69) is 21.6 Å². The summed E-state index contributed by atoms with van der Waals surface area (Å²) in [6.07, 6.45) is 1.46. The summed E-state index contributed by atoms with van der Waals surface area (Å²) in [7, 11) is 1.65. The minimum Gasteiger partial charge on any atom is -0.325 e. The number of aldehydes is 1. The number of aryl methyl sites for hydroxylation is 2. The molecule has 2 atom stereocenters. The molecule has 2 amide bonds. The highest BCUT2D eigenvalue weighted by Crippen LogP contribution is 2.39. The third-order valence-corrected chi connectivity index (χ3v) is 7.40. The van der Waals surface area contributed by atoms with Gasteiger partial charge in [-0.15, -0.1) is 0 Å². The predicted octanol–water partition coefficient (Wildman–Crippen LogP) is 4.79. The molecule has 0 radical (unpaired) electrons. The Labute approximate surface area is 258 Å². The van der Waals surface area contributed by atoms with Crippen LogP contribution in [0.1, 0.15) is 56.7 Å². The number of anilines is 1. The lowest BCUT2D eigenvalue weighted by atomic mass is 9.91. The number of benzene rings is 3. The van der Waals surface area contributed by atoms with Gasteiger partial charge in [0.15, 0.2) is 6.29 Å². The Balaban J connectivity index is 0.00000148. The Morgan fingerprint density at radius 3 is 2.44 bits per heavy atom. The Bertz CT molecular complexity index is 1730. The van der Waals surface area contributed by atoms with Crippen LogP contribution in [0.25, 0.3) is 11.1 Å². The fraction of sp³-hybridized carbons (Fsp3) is 0.212. The van der Waals surface area contributed by atoms with E-state index in [9.17, 15) is 27.6 Å². The van der Waals surface area contributed by atoms with E-state index in [0.717, 1.165) is 40.4 Å². The second-order valence-corrected chi connectivity index (χ2v) is 10.7. The summed E-state index contributed by atoms with van der Waals surface area (Å²) < 4.78 is 42.4. The van der Waals surface area contributed by atoms with Gasteiger partial charge in [0.25, 0.3) is 0 Å². The average Bonchev–Trinajstić information content (AvgIpc) is 3.30. The van der Waals surface area contributed by atoms with Crippen molar-refractivity contribution in [1.82, 2.24) is 15.4 Å². The molecule has 1 aromatic heterocycles. The van der Waals surface area contributed by atoms with Crippen molar-refractivity contribution in [1.29, 1.82) is 0 Å². The molecule has 0 saturated carbocycles. The van der Waals surface area contributed by atoms with E-state index >= 15 is 0 Å². The topological polar surface area (TPSA) is 143 Å². The number of nitrogens with two attached hydrogens (primary N) is 2. The molecule has 2 heterocycles. The molecular weight excluding hydrogens is 585 g/mol. The quantitative estimate of drug-likeness (QED) is 0.0963. The first-order chi connectivity index (χ1) is 21.5. The number of nitrogens with one attached hydrogen (secondary N) is 2. The first-order valence-electron chi connectivity index (χ1n) is 14.0. The van der Waals surface area contributed by atoms with Gasteiger partial charge >= 0.3 is 0 Å². The number of amides is 2. The normalized spacial score (nSPS) is 14.1. The molecule has 234 valence electrons. The number of hydrogen-bond donors (Lipinski definition) is 4. The number of rotatable bonds is 8. The summed E-state index contributed by atoms with van der Waals surface area (Å²) in [4.78, 5) is 42.5. The lowest BCUT2D eigenvalue weighted by Crippen LogP contribution is -2.43. The van der Waals surface area contributed by atoms with Crippen LogP contribution >= 0.6 is 0 Å². The van der Waals surface area contributed by atoms with Crippen LogP contribution in [0.2, 0.25) is 0 Å². The summed E-state index contributed by atoms with van der Waals surface area (Å²) in [6, 6.07) is 12.9. The Kier molecular flexibility index (Phi) is 10.4. The molecule has 1 aliphatic rings. The van der Waals surface area contributed by atoms with Crippen molar-refractivity contribution in [2.75, 3.05) is 12.4 Å². The zero-order valence-corrected chi connectivity index (χ0v) is 24.9. The van der Waals surface area contributed by atoms with Gasteiger partial charge in [-0.2, -0.15) is 0 Å². The number of hydrogen-bond acceptors (Lipinski definition) is 7. The van der Waals surface area contributed by atoms with Crippen LogP contribution in [0.3, 0.4) is 0 Å². The summed E-state index contributed by atoms with van der Waals surface area (Å²) >= 11 is 0. The molecule has 2 unspecified atom stereocenters. The highest BCUT2D eigenvalue weighted by atomic mass is 19.1. The van der Waals surface area contributed by atoms with E-state index in [0.29, 0.717) is 28.7 Å². The standard InChI is InChI=1S/C32H27F3N4O3.CH6N2/c1-17-8-18(2)30-25(32(42)38-27(30)9-17)15-29(41)39(36)28(12-19-10-22(33)14-23(34)11-19)31-24(4-3-7-37-31)20-5-6-26(35)21(13-20)16-40;1-3-2/h3-11,13-14,16,25,28H,12,15,36H2,1-2H3,(H,38,42);3H,2H2,1H3. The molecular formula is C33H33F3N6O3. The Hall–Kier alpha value is -4.91. The molecule has 9 nitrogen and oxygen atoms in total. The molecule has 0 fully saturated rings. The van der Waals surface area contributed by atoms with E-state index in [1.807, 2.05) is 26.0 Å². The van der Waals surface area contributed by atoms with Gasteiger partial charge in [-0.1, -0.05) is 18.2 Å². The zero-order valence-electron chi connectivity index (χ0n) is 24.9. The van der Waals surface area contributed by atoms with Crippen molar-refractivity contribution < 1.29 is 27.6 Å². The first-order valence-corrected chi connectivity index (χ1v) is 14.0. The van der Waals surface area contributed by atoms with E-state index in [1.165, 1.54) is 18.3 Å². The molecule has 6 N–H and O–H groups in total. The van der Waals surface area contributed by atoms with Crippen LogP contribution in [-0.2, 0) is 16.0 Å². The van der Waals surface area contributed by atoms with Crippen LogP contribution in [0.5, 0.6) is 0 Å². The SMILES string of the molecule is CNN.Cc1cc(C)c2c(c1)NC(=O)C2CC(=O)N(N)C(Cc1cc(F)cc(F)c1)c1ncccc1-c1ccc(F)c(C=O)c1. The Morgan fingerprint density at radius 1 is 1.09 bits per heavy atom. The third-order valence-electron chi connectivity index (χ3n) is 7.40. The molecule has 3 aromatic carbocycles. The van der Waals surface area contributed by atoms with Gasteiger partial charge in [-0.05, 0) is 85.1 Å². The average molecular weight is 619 g/mol. The third kappa shape index (κ3) is 7.43. The monoisotopic (exact) mass is 618 g/mol. The predicted molar refractivity (Wildman–Crippen MR) is 164 cm³/mol. The molecule has 4 aromatic rings. The van der Waals surface area contributed by atoms with Gasteiger partial charge in [0, 0.05) is 36.4 Å². The van der Waals surface area contributed by atoms with Gasteiger partial charge in [-0.25, -0.2) is 19.0 Å². The number of hydrazine groups is 2. The number of fused-ring (bicyclic) bond motifs is 1. The van der Waals surface area contributed by atoms with Gasteiger partial charge in [0.2, 0.25) is 11.8 Å². The molecule has 0 saturated heterocycles. The van der Waals surface area contributed by atoms with Crippen LogP contribution < -0.4 is 22.4 Å². The van der Waals surface area contributed by atoms with Gasteiger partial charge in [0.1, 0.15) is 17.5 Å². The number of pyridine rings is 1. The van der Waals surface area contributed by atoms with Crippen molar-refractivity contribution in [3.05, 3.63) is 118 Å². The van der Waals surface area contributed by atoms with Crippen molar-refractivity contribution >= 4 is 23.8 Å². The van der Waals surface area contributed by atoms with Crippen molar-refractivity contribution in [2.24, 2.45) is 11.7 Å². The van der Waals surface area contributed by atoms with E-state index < -0.39 is 35.3 Å². The van der Waals surface area contributed by atoms with Gasteiger partial charge in [-0.3, -0.25) is 35.6 Å². The number of aromatic nitrogens is 1. The van der Waals surface area contributed by atoms with Crippen molar-refractivity contribution in [2.45, 2.75) is 38.6 Å². The van der Waals surface area contributed by atoms with Crippen LogP contribution in [-0.4, -0.2) is 35.1 Å². The number of carbonyl (C=O) groups is 3. The number of halogens is 3. The van der Waals surface area contributed by atoms with E-state index in [1.54, 1.807) is 19.2 Å². The minimum absolute atomic E-state index is 0.131. The van der Waals surface area contributed by atoms with E-state index in [-0.39, 0.29) is 35.6 Å². The molecule has 0 aliphatic carbocycles. The minimum atomic E-state index is -1.05. The second-order valence-electron chi connectivity index (χ2n) is 10.7. The molecule has 12 heteroatoms. The highest BCUT2D eigenvalue weighted by molar-refractivity contribution is 6.05. The van der Waals surface area contributed by atoms with Gasteiger partial charge < -0.3 is 5.32 Å². The maximum absolute atomic E-state index is 14.1. The smallest absolute Gasteiger partial charge is 0.238 e. The van der Waals surface area contributed by atoms with Crippen LogP contribution in [0.15, 0.2) is 66.9 Å². The second kappa shape index (κ2) is 14.2. The lowest BCUT2D eigenvalue weighted by Gasteiger charge is -2.30. The molecule has 0 spiro atoms. The molecule has 45 heavy (non-hydrogen) atoms. The molecule has 1 aliphatic heterocycles. The summed E-state index contributed by atoms with van der Waals surface area (Å²) in [5.74, 6) is 7.01. The first kappa shape index (κ1) is 33.0. The van der Waals surface area contributed by atoms with Crippen LogP contribution in [0.4, 0.5) is 18.9 Å². The highest BCUT2D eigenvalue weighted by Gasteiger charge is 2.36. The number of nitrogens with zero attached hydrogens (tertiary/aromatic N) is 2. The molecule has 0 bridgehead atoms. The van der Waals surface area contributed by atoms with Crippen molar-refractivity contribution in [3.63, 3.8) is 0 Å². The molecule has 5 rings (SSSR count). The lowest BCUT2D eigenvalue weighted by molar-refractivity contribution is -0.136. The maximum Gasteiger partial charge on any atom is 0.238 e. The maximum atomic E-state index is 14.1. The van der Waals surface area contributed by atoms with Crippen molar-refractivity contribution in [3.8, 4) is 11.1 Å². The summed E-state index contributed by atoms with van der Waals surface area (Å²) in [5, 5.41) is 3.75. The van der Waals surface area contributed by atoms with Gasteiger partial charge in [0.05, 0.1) is 23.2 Å². The summed E-state index contributed by atoms with van der Waals surface area (Å²) in [5.41, 5.74) is 6.55. The number of carbonyl (C=O) groups excluding carboxylic acids is 3. The fourth-order valence-electron chi connectivity index (χ4n) is 5.55.